The van der Waals surface area contributed by atoms with Crippen LogP contribution in [0.2, 0.25) is 0 Å². The molecule has 0 aromatic heterocycles. The molecule has 2 N–H and O–H groups in total. The van der Waals surface area contributed by atoms with Crippen LogP contribution >= 0.6 is 0 Å². The minimum absolute atomic E-state index is 0.316. The van der Waals surface area contributed by atoms with Crippen LogP contribution in [0.25, 0.3) is 0 Å². The molecule has 0 heterocycles. The summed E-state index contributed by atoms with van der Waals surface area (Å²) in [6, 6.07) is 6.75. The van der Waals surface area contributed by atoms with Gasteiger partial charge in [-0.1, -0.05) is 32.0 Å². The second-order valence-corrected chi connectivity index (χ2v) is 5.30. The van der Waals surface area contributed by atoms with Crippen molar-refractivity contribution in [3.05, 3.63) is 34.9 Å². The molecule has 1 aromatic rings. The third-order valence-electron chi connectivity index (χ3n) is 3.08. The lowest BCUT2D eigenvalue weighted by Gasteiger charge is -2.24. The number of hydrogen-bond acceptors (Lipinski definition) is 1. The summed E-state index contributed by atoms with van der Waals surface area (Å²) in [6.45, 7) is 9.68. The van der Waals surface area contributed by atoms with Crippen LogP contribution in [0.1, 0.15) is 37.0 Å². The minimum atomic E-state index is 0.316. The lowest BCUT2D eigenvalue weighted by atomic mass is 9.82. The van der Waals surface area contributed by atoms with E-state index in [1.807, 2.05) is 0 Å². The van der Waals surface area contributed by atoms with Crippen molar-refractivity contribution in [3.8, 4) is 0 Å². The SMILES string of the molecule is Cc1ccc(CC(C)(C)CCN)cc1C. The first kappa shape index (κ1) is 12.3. The molecule has 0 spiro atoms. The lowest BCUT2D eigenvalue weighted by Crippen LogP contribution is -2.19. The van der Waals surface area contributed by atoms with E-state index in [0.717, 1.165) is 19.4 Å². The Morgan fingerprint density at radius 2 is 1.80 bits per heavy atom. The van der Waals surface area contributed by atoms with E-state index in [0.29, 0.717) is 5.41 Å². The molecule has 1 nitrogen and oxygen atoms in total. The maximum atomic E-state index is 5.62. The molecule has 0 atom stereocenters. The summed E-state index contributed by atoms with van der Waals surface area (Å²) in [7, 11) is 0. The fraction of sp³-hybridized carbons (Fsp3) is 0.571. The predicted molar refractivity (Wildman–Crippen MR) is 67.1 cm³/mol. The molecule has 1 rings (SSSR count). The Kier molecular flexibility index (Phi) is 3.92. The molecule has 0 radical (unpaired) electrons. The first-order valence-electron chi connectivity index (χ1n) is 5.71. The van der Waals surface area contributed by atoms with Gasteiger partial charge in [-0.3, -0.25) is 0 Å². The molecule has 0 amide bonds. The highest BCUT2D eigenvalue weighted by molar-refractivity contribution is 5.30. The van der Waals surface area contributed by atoms with Gasteiger partial charge in [-0.15, -0.1) is 0 Å². The van der Waals surface area contributed by atoms with Crippen LogP contribution in [0.4, 0.5) is 0 Å². The van der Waals surface area contributed by atoms with Gasteiger partial charge in [-0.25, -0.2) is 0 Å². The number of hydrogen-bond donors (Lipinski definition) is 1. The minimum Gasteiger partial charge on any atom is -0.330 e. The van der Waals surface area contributed by atoms with E-state index in [9.17, 15) is 0 Å². The Morgan fingerprint density at radius 1 is 1.13 bits per heavy atom. The van der Waals surface area contributed by atoms with Crippen LogP contribution in [0.15, 0.2) is 18.2 Å². The normalized spacial score (nSPS) is 11.8. The van der Waals surface area contributed by atoms with Gasteiger partial charge in [-0.2, -0.15) is 0 Å². The number of aryl methyl sites for hydroxylation is 2. The monoisotopic (exact) mass is 205 g/mol. The van der Waals surface area contributed by atoms with Gasteiger partial charge < -0.3 is 5.73 Å². The molecular formula is C14H23N. The van der Waals surface area contributed by atoms with E-state index in [1.165, 1.54) is 16.7 Å². The van der Waals surface area contributed by atoms with E-state index in [-0.39, 0.29) is 0 Å². The van der Waals surface area contributed by atoms with Gasteiger partial charge in [0.15, 0.2) is 0 Å². The second kappa shape index (κ2) is 4.80. The maximum Gasteiger partial charge on any atom is -0.00721 e. The fourth-order valence-corrected chi connectivity index (χ4v) is 1.95. The van der Waals surface area contributed by atoms with Gasteiger partial charge in [0.1, 0.15) is 0 Å². The molecule has 1 aromatic carbocycles. The Balaban J connectivity index is 2.76. The Morgan fingerprint density at radius 3 is 2.33 bits per heavy atom. The Labute approximate surface area is 93.7 Å². The summed E-state index contributed by atoms with van der Waals surface area (Å²) in [5.74, 6) is 0. The zero-order chi connectivity index (χ0) is 11.5. The molecule has 0 saturated heterocycles. The van der Waals surface area contributed by atoms with Crippen molar-refractivity contribution in [1.29, 1.82) is 0 Å². The van der Waals surface area contributed by atoms with Gasteiger partial charge in [0.2, 0.25) is 0 Å². The highest BCUT2D eigenvalue weighted by atomic mass is 14.5. The molecule has 0 unspecified atom stereocenters. The first-order valence-corrected chi connectivity index (χ1v) is 5.71. The molecule has 15 heavy (non-hydrogen) atoms. The fourth-order valence-electron chi connectivity index (χ4n) is 1.95. The summed E-state index contributed by atoms with van der Waals surface area (Å²) >= 11 is 0. The Bertz CT molecular complexity index is 326. The summed E-state index contributed by atoms with van der Waals surface area (Å²) in [6.07, 6.45) is 2.20. The summed E-state index contributed by atoms with van der Waals surface area (Å²) < 4.78 is 0. The molecule has 0 aliphatic carbocycles. The number of benzene rings is 1. The van der Waals surface area contributed by atoms with Crippen LogP contribution in [0.5, 0.6) is 0 Å². The van der Waals surface area contributed by atoms with Crippen LogP contribution < -0.4 is 5.73 Å². The average molecular weight is 205 g/mol. The van der Waals surface area contributed by atoms with Crippen molar-refractivity contribution < 1.29 is 0 Å². The summed E-state index contributed by atoms with van der Waals surface area (Å²) in [4.78, 5) is 0. The van der Waals surface area contributed by atoms with Crippen molar-refractivity contribution in [2.24, 2.45) is 11.1 Å². The van der Waals surface area contributed by atoms with Crippen LogP contribution in [0, 0.1) is 19.3 Å². The van der Waals surface area contributed by atoms with Crippen molar-refractivity contribution in [1.82, 2.24) is 0 Å². The summed E-state index contributed by atoms with van der Waals surface area (Å²) in [5, 5.41) is 0. The third kappa shape index (κ3) is 3.67. The zero-order valence-corrected chi connectivity index (χ0v) is 10.4. The molecular weight excluding hydrogens is 182 g/mol. The zero-order valence-electron chi connectivity index (χ0n) is 10.4. The van der Waals surface area contributed by atoms with E-state index in [1.54, 1.807) is 0 Å². The van der Waals surface area contributed by atoms with Gasteiger partial charge >= 0.3 is 0 Å². The van der Waals surface area contributed by atoms with Gasteiger partial charge in [0.25, 0.3) is 0 Å². The van der Waals surface area contributed by atoms with E-state index >= 15 is 0 Å². The molecule has 0 fully saturated rings. The molecule has 0 saturated carbocycles. The number of nitrogens with two attached hydrogens (primary N) is 1. The molecule has 1 heteroatoms. The summed E-state index contributed by atoms with van der Waals surface area (Å²) in [5.41, 5.74) is 10.1. The molecule has 84 valence electrons. The van der Waals surface area contributed by atoms with E-state index in [4.69, 9.17) is 5.73 Å². The van der Waals surface area contributed by atoms with Crippen molar-refractivity contribution in [2.75, 3.05) is 6.54 Å². The van der Waals surface area contributed by atoms with Crippen LogP contribution in [0.3, 0.4) is 0 Å². The molecule has 0 aliphatic rings. The van der Waals surface area contributed by atoms with Gasteiger partial charge in [0, 0.05) is 0 Å². The highest BCUT2D eigenvalue weighted by Crippen LogP contribution is 2.26. The topological polar surface area (TPSA) is 26.0 Å². The van der Waals surface area contributed by atoms with Gasteiger partial charge in [-0.05, 0) is 55.3 Å². The smallest absolute Gasteiger partial charge is 0.00721 e. The highest BCUT2D eigenvalue weighted by Gasteiger charge is 2.17. The maximum absolute atomic E-state index is 5.62. The van der Waals surface area contributed by atoms with E-state index < -0.39 is 0 Å². The number of rotatable bonds is 4. The van der Waals surface area contributed by atoms with E-state index in [2.05, 4.69) is 45.9 Å². The van der Waals surface area contributed by atoms with Crippen molar-refractivity contribution in [2.45, 2.75) is 40.5 Å². The van der Waals surface area contributed by atoms with Crippen molar-refractivity contribution in [3.63, 3.8) is 0 Å². The largest absolute Gasteiger partial charge is 0.330 e. The average Bonchev–Trinajstić information content (AvgIpc) is 2.10. The lowest BCUT2D eigenvalue weighted by molar-refractivity contribution is 0.339. The van der Waals surface area contributed by atoms with Crippen molar-refractivity contribution >= 4 is 0 Å². The third-order valence-corrected chi connectivity index (χ3v) is 3.08. The van der Waals surface area contributed by atoms with Crippen LogP contribution in [-0.2, 0) is 6.42 Å². The predicted octanol–water partition coefficient (Wildman–Crippen LogP) is 3.22. The standard InChI is InChI=1S/C14H23N/c1-11-5-6-13(9-12(11)2)10-14(3,4)7-8-15/h5-6,9H,7-8,10,15H2,1-4H3. The molecule has 0 bridgehead atoms. The molecule has 0 aliphatic heterocycles. The second-order valence-electron chi connectivity index (χ2n) is 5.30. The first-order chi connectivity index (χ1) is 6.94. The Hall–Kier alpha value is -0.820. The van der Waals surface area contributed by atoms with Gasteiger partial charge in [0.05, 0.1) is 0 Å². The van der Waals surface area contributed by atoms with Crippen LogP contribution in [-0.4, -0.2) is 6.54 Å². The quantitative estimate of drug-likeness (QED) is 0.802.